The largest absolute Gasteiger partial charge is 0.375 e. The first-order chi connectivity index (χ1) is 8.54. The van der Waals surface area contributed by atoms with Crippen LogP contribution in [0.5, 0.6) is 0 Å². The third kappa shape index (κ3) is 4.87. The zero-order valence-electron chi connectivity index (χ0n) is 12.0. The average molecular weight is 269 g/mol. The van der Waals surface area contributed by atoms with Crippen LogP contribution in [0.2, 0.25) is 5.02 Å². The van der Waals surface area contributed by atoms with E-state index in [9.17, 15) is 0 Å². The molecule has 102 valence electrons. The van der Waals surface area contributed by atoms with Crippen molar-refractivity contribution in [2.45, 2.75) is 33.7 Å². The molecule has 1 aromatic rings. The fourth-order valence-corrected chi connectivity index (χ4v) is 2.00. The van der Waals surface area contributed by atoms with Crippen molar-refractivity contribution in [2.75, 3.05) is 25.0 Å². The fraction of sp³-hybridized carbons (Fsp3) is 0.600. The molecule has 1 N–H and O–H groups in total. The highest BCUT2D eigenvalue weighted by Gasteiger charge is 2.06. The van der Waals surface area contributed by atoms with Crippen molar-refractivity contribution in [1.29, 1.82) is 0 Å². The number of nitrogens with zero attached hydrogens (tertiary/aromatic N) is 1. The van der Waals surface area contributed by atoms with Crippen molar-refractivity contribution in [3.8, 4) is 0 Å². The van der Waals surface area contributed by atoms with E-state index in [0.29, 0.717) is 0 Å². The summed E-state index contributed by atoms with van der Waals surface area (Å²) in [6.07, 6.45) is 1.20. The van der Waals surface area contributed by atoms with E-state index in [4.69, 9.17) is 11.6 Å². The van der Waals surface area contributed by atoms with Gasteiger partial charge in [0.15, 0.2) is 0 Å². The van der Waals surface area contributed by atoms with E-state index in [-0.39, 0.29) is 0 Å². The summed E-state index contributed by atoms with van der Waals surface area (Å²) in [6.45, 7) is 9.47. The van der Waals surface area contributed by atoms with Gasteiger partial charge in [0.2, 0.25) is 0 Å². The molecule has 0 aliphatic heterocycles. The lowest BCUT2D eigenvalue weighted by atomic mass is 10.1. The minimum Gasteiger partial charge on any atom is -0.375 e. The highest BCUT2D eigenvalue weighted by molar-refractivity contribution is 6.31. The molecule has 0 atom stereocenters. The van der Waals surface area contributed by atoms with Gasteiger partial charge in [0, 0.05) is 30.8 Å². The van der Waals surface area contributed by atoms with E-state index < -0.39 is 0 Å². The Morgan fingerprint density at radius 3 is 2.61 bits per heavy atom. The second-order valence-electron chi connectivity index (χ2n) is 5.16. The molecule has 0 aliphatic rings. The Kier molecular flexibility index (Phi) is 6.51. The zero-order chi connectivity index (χ0) is 13.5. The van der Waals surface area contributed by atoms with Gasteiger partial charge in [-0.3, -0.25) is 0 Å². The Balaban J connectivity index is 2.65. The molecular weight excluding hydrogens is 244 g/mol. The molecule has 0 bridgehead atoms. The van der Waals surface area contributed by atoms with E-state index >= 15 is 0 Å². The van der Waals surface area contributed by atoms with Crippen LogP contribution >= 0.6 is 11.6 Å². The van der Waals surface area contributed by atoms with Gasteiger partial charge in [-0.25, -0.2) is 0 Å². The van der Waals surface area contributed by atoms with Gasteiger partial charge in [-0.05, 0) is 36.6 Å². The molecule has 0 fully saturated rings. The maximum Gasteiger partial charge on any atom is 0.0471 e. The Labute approximate surface area is 116 Å². The van der Waals surface area contributed by atoms with E-state index in [1.165, 1.54) is 17.7 Å². The van der Waals surface area contributed by atoms with Gasteiger partial charge in [-0.2, -0.15) is 0 Å². The minimum absolute atomic E-state index is 0.732. The van der Waals surface area contributed by atoms with Crippen LogP contribution in [0.3, 0.4) is 0 Å². The number of halogens is 1. The summed E-state index contributed by atoms with van der Waals surface area (Å²) in [5, 5.41) is 4.15. The highest BCUT2D eigenvalue weighted by atomic mass is 35.5. The molecule has 0 amide bonds. The van der Waals surface area contributed by atoms with E-state index in [2.05, 4.69) is 56.2 Å². The zero-order valence-corrected chi connectivity index (χ0v) is 12.7. The van der Waals surface area contributed by atoms with E-state index in [0.717, 1.165) is 30.6 Å². The number of hydrogen-bond donors (Lipinski definition) is 1. The smallest absolute Gasteiger partial charge is 0.0471 e. The SMILES string of the molecule is CCNCc1ccc(N(C)CCC(C)C)cc1Cl. The second-order valence-corrected chi connectivity index (χ2v) is 5.57. The number of anilines is 1. The third-order valence-corrected chi connectivity index (χ3v) is 3.44. The summed E-state index contributed by atoms with van der Waals surface area (Å²) in [5.74, 6) is 0.732. The van der Waals surface area contributed by atoms with Crippen LogP contribution < -0.4 is 10.2 Å². The Bertz CT molecular complexity index is 364. The quantitative estimate of drug-likeness (QED) is 0.806. The van der Waals surface area contributed by atoms with Crippen molar-refractivity contribution in [3.63, 3.8) is 0 Å². The molecule has 1 rings (SSSR count). The van der Waals surface area contributed by atoms with Gasteiger partial charge >= 0.3 is 0 Å². The standard InChI is InChI=1S/C15H25ClN2/c1-5-17-11-13-6-7-14(10-15(13)16)18(4)9-8-12(2)3/h6-7,10,12,17H,5,8-9,11H2,1-4H3. The van der Waals surface area contributed by atoms with Crippen LogP contribution in [0.4, 0.5) is 5.69 Å². The summed E-state index contributed by atoms with van der Waals surface area (Å²) in [6, 6.07) is 6.33. The monoisotopic (exact) mass is 268 g/mol. The molecule has 2 nitrogen and oxygen atoms in total. The van der Waals surface area contributed by atoms with Crippen LogP contribution in [-0.2, 0) is 6.54 Å². The molecule has 3 heteroatoms. The van der Waals surface area contributed by atoms with Gasteiger partial charge < -0.3 is 10.2 Å². The number of rotatable bonds is 7. The first-order valence-electron chi connectivity index (χ1n) is 6.74. The summed E-state index contributed by atoms with van der Waals surface area (Å²) < 4.78 is 0. The van der Waals surface area contributed by atoms with Gasteiger partial charge in [0.1, 0.15) is 0 Å². The number of nitrogens with one attached hydrogen (secondary N) is 1. The molecule has 0 spiro atoms. The van der Waals surface area contributed by atoms with Crippen LogP contribution in [0.15, 0.2) is 18.2 Å². The van der Waals surface area contributed by atoms with E-state index in [1.807, 2.05) is 0 Å². The molecule has 1 aromatic carbocycles. The van der Waals surface area contributed by atoms with Gasteiger partial charge in [-0.15, -0.1) is 0 Å². The van der Waals surface area contributed by atoms with Gasteiger partial charge in [0.25, 0.3) is 0 Å². The van der Waals surface area contributed by atoms with Crippen LogP contribution in [0.1, 0.15) is 32.8 Å². The molecule has 0 saturated heterocycles. The maximum absolute atomic E-state index is 6.31. The summed E-state index contributed by atoms with van der Waals surface area (Å²) in [7, 11) is 2.12. The van der Waals surface area contributed by atoms with Crippen LogP contribution in [0.25, 0.3) is 0 Å². The van der Waals surface area contributed by atoms with Crippen molar-refractivity contribution in [2.24, 2.45) is 5.92 Å². The maximum atomic E-state index is 6.31. The molecule has 0 heterocycles. The molecular formula is C15H25ClN2. The first kappa shape index (κ1) is 15.3. The Morgan fingerprint density at radius 1 is 1.33 bits per heavy atom. The van der Waals surface area contributed by atoms with E-state index in [1.54, 1.807) is 0 Å². The summed E-state index contributed by atoms with van der Waals surface area (Å²) in [5.41, 5.74) is 2.36. The summed E-state index contributed by atoms with van der Waals surface area (Å²) in [4.78, 5) is 2.27. The molecule has 0 saturated carbocycles. The van der Waals surface area contributed by atoms with Gasteiger partial charge in [0.05, 0.1) is 0 Å². The fourth-order valence-electron chi connectivity index (χ4n) is 1.76. The number of hydrogen-bond acceptors (Lipinski definition) is 2. The Hall–Kier alpha value is -0.730. The highest BCUT2D eigenvalue weighted by Crippen LogP contribution is 2.23. The first-order valence-corrected chi connectivity index (χ1v) is 7.12. The lowest BCUT2D eigenvalue weighted by Crippen LogP contribution is -2.20. The Morgan fingerprint density at radius 2 is 2.06 bits per heavy atom. The van der Waals surface area contributed by atoms with Crippen molar-refractivity contribution in [3.05, 3.63) is 28.8 Å². The van der Waals surface area contributed by atoms with Crippen LogP contribution in [-0.4, -0.2) is 20.1 Å². The summed E-state index contributed by atoms with van der Waals surface area (Å²) >= 11 is 6.31. The topological polar surface area (TPSA) is 15.3 Å². The molecule has 18 heavy (non-hydrogen) atoms. The third-order valence-electron chi connectivity index (χ3n) is 3.08. The molecule has 0 unspecified atom stereocenters. The molecule has 0 radical (unpaired) electrons. The minimum atomic E-state index is 0.732. The second kappa shape index (κ2) is 7.65. The lowest BCUT2D eigenvalue weighted by molar-refractivity contribution is 0.585. The lowest BCUT2D eigenvalue weighted by Gasteiger charge is -2.21. The normalized spacial score (nSPS) is 11.0. The van der Waals surface area contributed by atoms with Crippen molar-refractivity contribution in [1.82, 2.24) is 5.32 Å². The predicted molar refractivity (Wildman–Crippen MR) is 81.6 cm³/mol. The average Bonchev–Trinajstić information content (AvgIpc) is 2.34. The van der Waals surface area contributed by atoms with Crippen molar-refractivity contribution >= 4 is 17.3 Å². The van der Waals surface area contributed by atoms with Gasteiger partial charge in [-0.1, -0.05) is 38.4 Å². The number of benzene rings is 1. The van der Waals surface area contributed by atoms with Crippen LogP contribution in [0, 0.1) is 5.92 Å². The molecule has 0 aromatic heterocycles. The predicted octanol–water partition coefficient (Wildman–Crippen LogP) is 3.93. The van der Waals surface area contributed by atoms with Crippen molar-refractivity contribution < 1.29 is 0 Å². The molecule has 0 aliphatic carbocycles.